The van der Waals surface area contributed by atoms with Gasteiger partial charge in [-0.15, -0.1) is 0 Å². The Bertz CT molecular complexity index is 677. The monoisotopic (exact) mass is 296 g/mol. The first kappa shape index (κ1) is 13.5. The van der Waals surface area contributed by atoms with Crippen LogP contribution < -0.4 is 5.32 Å². The first-order valence-electron chi connectivity index (χ1n) is 7.99. The number of hydrogen-bond donors (Lipinski definition) is 2. The quantitative estimate of drug-likeness (QED) is 0.890. The molecule has 0 bridgehead atoms. The number of carbonyl (C=O) groups excluding carboxylic acids is 1. The number of imidazole rings is 1. The summed E-state index contributed by atoms with van der Waals surface area (Å²) in [6.07, 6.45) is 3.19. The molecule has 114 valence electrons. The number of nitrogens with one attached hydrogen (secondary N) is 2. The molecule has 1 saturated heterocycles. The molecular weight excluding hydrogens is 276 g/mol. The third kappa shape index (κ3) is 2.41. The number of aromatic amines is 1. The van der Waals surface area contributed by atoms with E-state index in [0.29, 0.717) is 0 Å². The first-order chi connectivity index (χ1) is 10.8. The molecule has 4 rings (SSSR count). The van der Waals surface area contributed by atoms with Crippen LogP contribution in [0.4, 0.5) is 0 Å². The van der Waals surface area contributed by atoms with Crippen molar-refractivity contribution in [2.24, 2.45) is 0 Å². The van der Waals surface area contributed by atoms with Gasteiger partial charge in [0, 0.05) is 43.7 Å². The van der Waals surface area contributed by atoms with Gasteiger partial charge >= 0.3 is 0 Å². The molecule has 1 amide bonds. The summed E-state index contributed by atoms with van der Waals surface area (Å²) in [4.78, 5) is 22.5. The summed E-state index contributed by atoms with van der Waals surface area (Å²) in [7, 11) is 0. The van der Waals surface area contributed by atoms with Crippen molar-refractivity contribution in [3.8, 4) is 11.4 Å². The van der Waals surface area contributed by atoms with Gasteiger partial charge in [-0.3, -0.25) is 4.79 Å². The van der Waals surface area contributed by atoms with Crippen LogP contribution in [-0.4, -0.2) is 40.4 Å². The Balaban J connectivity index is 1.63. The van der Waals surface area contributed by atoms with Crippen LogP contribution >= 0.6 is 0 Å². The van der Waals surface area contributed by atoms with Gasteiger partial charge < -0.3 is 15.2 Å². The maximum atomic E-state index is 12.5. The van der Waals surface area contributed by atoms with E-state index in [0.717, 1.165) is 73.8 Å². The summed E-state index contributed by atoms with van der Waals surface area (Å²) in [5.74, 6) is 1.00. The standard InChI is InChI=1S/C17H20N4O/c22-17(21-8-1-2-9-21)13-5-3-4-12(10-13)16-19-14-6-7-18-11-15(14)20-16/h3-5,10,18H,1-2,6-9,11H2,(H,19,20). The Kier molecular flexibility index (Phi) is 3.42. The molecule has 3 heterocycles. The fourth-order valence-corrected chi connectivity index (χ4v) is 3.26. The van der Waals surface area contributed by atoms with E-state index in [1.54, 1.807) is 0 Å². The number of H-pyrrole nitrogens is 1. The van der Waals surface area contributed by atoms with Gasteiger partial charge in [-0.1, -0.05) is 12.1 Å². The fourth-order valence-electron chi connectivity index (χ4n) is 3.26. The molecule has 2 aliphatic heterocycles. The molecule has 22 heavy (non-hydrogen) atoms. The zero-order valence-electron chi connectivity index (χ0n) is 12.6. The van der Waals surface area contributed by atoms with Crippen LogP contribution in [0.1, 0.15) is 34.6 Å². The minimum Gasteiger partial charge on any atom is -0.341 e. The number of aromatic nitrogens is 2. The molecule has 2 aliphatic rings. The number of amides is 1. The van der Waals surface area contributed by atoms with Crippen LogP contribution in [-0.2, 0) is 13.0 Å². The van der Waals surface area contributed by atoms with Crippen molar-refractivity contribution in [3.63, 3.8) is 0 Å². The van der Waals surface area contributed by atoms with Crippen LogP contribution in [0.2, 0.25) is 0 Å². The predicted octanol–water partition coefficient (Wildman–Crippen LogP) is 1.96. The number of likely N-dealkylation sites (tertiary alicyclic amines) is 1. The lowest BCUT2D eigenvalue weighted by Gasteiger charge is -2.15. The van der Waals surface area contributed by atoms with E-state index in [1.807, 2.05) is 29.2 Å². The van der Waals surface area contributed by atoms with Gasteiger partial charge in [-0.25, -0.2) is 4.98 Å². The lowest BCUT2D eigenvalue weighted by atomic mass is 10.1. The second-order valence-corrected chi connectivity index (χ2v) is 6.02. The van der Waals surface area contributed by atoms with Crippen molar-refractivity contribution in [2.45, 2.75) is 25.8 Å². The Hall–Kier alpha value is -2.14. The largest absolute Gasteiger partial charge is 0.341 e. The normalized spacial score (nSPS) is 17.5. The third-order valence-corrected chi connectivity index (χ3v) is 4.48. The highest BCUT2D eigenvalue weighted by molar-refractivity contribution is 5.95. The van der Waals surface area contributed by atoms with E-state index in [1.165, 1.54) is 0 Å². The minimum atomic E-state index is 0.136. The maximum Gasteiger partial charge on any atom is 0.253 e. The van der Waals surface area contributed by atoms with Crippen molar-refractivity contribution in [1.82, 2.24) is 20.2 Å². The Morgan fingerprint density at radius 2 is 2.09 bits per heavy atom. The highest BCUT2D eigenvalue weighted by Gasteiger charge is 2.20. The van der Waals surface area contributed by atoms with Gasteiger partial charge in [-0.05, 0) is 25.0 Å². The summed E-state index contributed by atoms with van der Waals surface area (Å²) in [5, 5.41) is 3.34. The van der Waals surface area contributed by atoms with Crippen molar-refractivity contribution in [3.05, 3.63) is 41.2 Å². The summed E-state index contributed by atoms with van der Waals surface area (Å²) in [5.41, 5.74) is 4.05. The van der Waals surface area contributed by atoms with Gasteiger partial charge in [0.25, 0.3) is 5.91 Å². The zero-order valence-corrected chi connectivity index (χ0v) is 12.6. The second kappa shape index (κ2) is 5.57. The molecule has 0 saturated carbocycles. The molecule has 1 fully saturated rings. The summed E-state index contributed by atoms with van der Waals surface area (Å²) >= 11 is 0. The second-order valence-electron chi connectivity index (χ2n) is 6.02. The Labute approximate surface area is 129 Å². The number of fused-ring (bicyclic) bond motifs is 1. The van der Waals surface area contributed by atoms with Gasteiger partial charge in [0.2, 0.25) is 0 Å². The van der Waals surface area contributed by atoms with Crippen molar-refractivity contribution in [2.75, 3.05) is 19.6 Å². The van der Waals surface area contributed by atoms with E-state index >= 15 is 0 Å². The minimum absolute atomic E-state index is 0.136. The average Bonchev–Trinajstić information content (AvgIpc) is 3.23. The van der Waals surface area contributed by atoms with E-state index in [9.17, 15) is 4.79 Å². The number of rotatable bonds is 2. The average molecular weight is 296 g/mol. The Morgan fingerprint density at radius 3 is 2.91 bits per heavy atom. The topological polar surface area (TPSA) is 61.0 Å². The molecule has 0 spiro atoms. The van der Waals surface area contributed by atoms with Gasteiger partial charge in [0.05, 0.1) is 11.4 Å². The lowest BCUT2D eigenvalue weighted by molar-refractivity contribution is 0.0793. The van der Waals surface area contributed by atoms with Gasteiger partial charge in [0.15, 0.2) is 0 Å². The number of carbonyl (C=O) groups is 1. The van der Waals surface area contributed by atoms with E-state index in [4.69, 9.17) is 4.98 Å². The Morgan fingerprint density at radius 1 is 1.23 bits per heavy atom. The van der Waals surface area contributed by atoms with Gasteiger partial charge in [0.1, 0.15) is 5.82 Å². The van der Waals surface area contributed by atoms with Crippen molar-refractivity contribution >= 4 is 5.91 Å². The molecule has 5 heteroatoms. The van der Waals surface area contributed by atoms with E-state index in [2.05, 4.69) is 10.3 Å². The number of nitrogens with zero attached hydrogens (tertiary/aromatic N) is 2. The molecule has 0 aliphatic carbocycles. The number of benzene rings is 1. The third-order valence-electron chi connectivity index (χ3n) is 4.48. The van der Waals surface area contributed by atoms with Gasteiger partial charge in [-0.2, -0.15) is 0 Å². The summed E-state index contributed by atoms with van der Waals surface area (Å²) in [6, 6.07) is 7.81. The molecule has 0 atom stereocenters. The molecule has 2 N–H and O–H groups in total. The highest BCUT2D eigenvalue weighted by atomic mass is 16.2. The van der Waals surface area contributed by atoms with E-state index < -0.39 is 0 Å². The molecule has 5 nitrogen and oxygen atoms in total. The molecular formula is C17H20N4O. The number of hydrogen-bond acceptors (Lipinski definition) is 3. The van der Waals surface area contributed by atoms with Crippen LogP contribution in [0.25, 0.3) is 11.4 Å². The van der Waals surface area contributed by atoms with Crippen LogP contribution in [0.3, 0.4) is 0 Å². The smallest absolute Gasteiger partial charge is 0.253 e. The van der Waals surface area contributed by atoms with Crippen LogP contribution in [0.15, 0.2) is 24.3 Å². The maximum absolute atomic E-state index is 12.5. The molecule has 1 aromatic carbocycles. The van der Waals surface area contributed by atoms with Crippen molar-refractivity contribution in [1.29, 1.82) is 0 Å². The lowest BCUT2D eigenvalue weighted by Crippen LogP contribution is -2.27. The highest BCUT2D eigenvalue weighted by Crippen LogP contribution is 2.22. The molecule has 0 radical (unpaired) electrons. The first-order valence-corrected chi connectivity index (χ1v) is 7.99. The van der Waals surface area contributed by atoms with Crippen LogP contribution in [0, 0.1) is 0 Å². The predicted molar refractivity (Wildman–Crippen MR) is 84.6 cm³/mol. The summed E-state index contributed by atoms with van der Waals surface area (Å²) < 4.78 is 0. The summed E-state index contributed by atoms with van der Waals surface area (Å²) in [6.45, 7) is 3.58. The zero-order chi connectivity index (χ0) is 14.9. The van der Waals surface area contributed by atoms with E-state index in [-0.39, 0.29) is 5.91 Å². The fraction of sp³-hybridized carbons (Fsp3) is 0.412. The van der Waals surface area contributed by atoms with Crippen LogP contribution in [0.5, 0.6) is 0 Å². The molecule has 1 aromatic heterocycles. The van der Waals surface area contributed by atoms with Crippen molar-refractivity contribution < 1.29 is 4.79 Å². The SMILES string of the molecule is O=C(c1cccc(-c2nc3c([nH]2)CNCC3)c1)N1CCCC1. The molecule has 2 aromatic rings. The molecule has 0 unspecified atom stereocenters.